The Hall–Kier alpha value is -2.86. The molecular formula is C22H24FN3O2. The quantitative estimate of drug-likeness (QED) is 0.525. The highest BCUT2D eigenvalue weighted by atomic mass is 19.1. The molecule has 0 N–H and O–H groups in total. The average molecular weight is 381 g/mol. The molecule has 0 radical (unpaired) electrons. The van der Waals surface area contributed by atoms with Gasteiger partial charge in [0, 0.05) is 49.9 Å². The summed E-state index contributed by atoms with van der Waals surface area (Å²) in [6, 6.07) is 10.5. The van der Waals surface area contributed by atoms with E-state index < -0.39 is 0 Å². The second kappa shape index (κ2) is 9.90. The molecule has 5 nitrogen and oxygen atoms in total. The zero-order valence-corrected chi connectivity index (χ0v) is 16.1. The maximum absolute atomic E-state index is 13.2. The van der Waals surface area contributed by atoms with Gasteiger partial charge in [-0.2, -0.15) is 0 Å². The number of halogens is 1. The van der Waals surface area contributed by atoms with Crippen LogP contribution in [0.1, 0.15) is 35.5 Å². The molecule has 3 rings (SSSR count). The molecule has 1 atom stereocenters. The number of aromatic nitrogens is 3. The molecule has 3 aromatic rings. The molecule has 1 aromatic carbocycles. The second-order valence-electron chi connectivity index (χ2n) is 6.66. The van der Waals surface area contributed by atoms with E-state index in [1.54, 1.807) is 25.7 Å². The van der Waals surface area contributed by atoms with Gasteiger partial charge in [0.2, 0.25) is 0 Å². The number of hydrogen-bond acceptors (Lipinski definition) is 5. The lowest BCUT2D eigenvalue weighted by molar-refractivity contribution is 0.146. The SMILES string of the molecule is COCCOc1cc(Cc2cnccn2)nc(C[C@@H](C)c2ccc(F)cc2)c1. The molecule has 6 heteroatoms. The monoisotopic (exact) mass is 381 g/mol. The highest BCUT2D eigenvalue weighted by Gasteiger charge is 2.12. The van der Waals surface area contributed by atoms with Crippen LogP contribution in [0.2, 0.25) is 0 Å². The Balaban J connectivity index is 1.80. The molecule has 2 aromatic heterocycles. The number of pyridine rings is 1. The van der Waals surface area contributed by atoms with Gasteiger partial charge in [-0.3, -0.25) is 15.0 Å². The van der Waals surface area contributed by atoms with Gasteiger partial charge < -0.3 is 9.47 Å². The number of hydrogen-bond donors (Lipinski definition) is 0. The molecule has 0 spiro atoms. The Morgan fingerprint density at radius 3 is 2.50 bits per heavy atom. The smallest absolute Gasteiger partial charge is 0.123 e. The summed E-state index contributed by atoms with van der Waals surface area (Å²) < 4.78 is 24.1. The first kappa shape index (κ1) is 19.9. The molecule has 28 heavy (non-hydrogen) atoms. The van der Waals surface area contributed by atoms with Gasteiger partial charge in [-0.15, -0.1) is 0 Å². The molecule has 0 amide bonds. The summed E-state index contributed by atoms with van der Waals surface area (Å²) in [5.74, 6) is 0.729. The maximum Gasteiger partial charge on any atom is 0.123 e. The van der Waals surface area contributed by atoms with Gasteiger partial charge >= 0.3 is 0 Å². The van der Waals surface area contributed by atoms with Crippen LogP contribution in [-0.2, 0) is 17.6 Å². The Kier molecular flexibility index (Phi) is 7.03. The van der Waals surface area contributed by atoms with Crippen LogP contribution in [-0.4, -0.2) is 35.3 Å². The largest absolute Gasteiger partial charge is 0.491 e. The topological polar surface area (TPSA) is 57.1 Å². The van der Waals surface area contributed by atoms with E-state index in [9.17, 15) is 4.39 Å². The molecule has 0 aliphatic carbocycles. The Labute approximate surface area is 164 Å². The molecule has 0 saturated carbocycles. The van der Waals surface area contributed by atoms with Crippen molar-refractivity contribution >= 4 is 0 Å². The number of rotatable bonds is 9. The summed E-state index contributed by atoms with van der Waals surface area (Å²) in [7, 11) is 1.64. The fraction of sp³-hybridized carbons (Fsp3) is 0.318. The molecule has 0 fully saturated rings. The molecule has 2 heterocycles. The van der Waals surface area contributed by atoms with Crippen molar-refractivity contribution in [2.45, 2.75) is 25.7 Å². The molecule has 146 valence electrons. The highest BCUT2D eigenvalue weighted by Crippen LogP contribution is 2.23. The predicted octanol–water partition coefficient (Wildman–Crippen LogP) is 3.97. The number of nitrogens with zero attached hydrogens (tertiary/aromatic N) is 3. The van der Waals surface area contributed by atoms with Crippen molar-refractivity contribution in [3.8, 4) is 5.75 Å². The van der Waals surface area contributed by atoms with Crippen molar-refractivity contribution in [2.75, 3.05) is 20.3 Å². The third kappa shape index (κ3) is 5.82. The summed E-state index contributed by atoms with van der Waals surface area (Å²) >= 11 is 0. The lowest BCUT2D eigenvalue weighted by Crippen LogP contribution is -2.08. The van der Waals surface area contributed by atoms with Crippen molar-refractivity contribution in [2.24, 2.45) is 0 Å². The van der Waals surface area contributed by atoms with Gasteiger partial charge in [-0.05, 0) is 30.0 Å². The van der Waals surface area contributed by atoms with Crippen LogP contribution < -0.4 is 4.74 Å². The van der Waals surface area contributed by atoms with Crippen LogP contribution >= 0.6 is 0 Å². The maximum atomic E-state index is 13.2. The van der Waals surface area contributed by atoms with E-state index in [2.05, 4.69) is 16.9 Å². The van der Waals surface area contributed by atoms with E-state index in [0.29, 0.717) is 19.6 Å². The summed E-state index contributed by atoms with van der Waals surface area (Å²) in [6.07, 6.45) is 6.36. The van der Waals surface area contributed by atoms with Gasteiger partial charge in [0.15, 0.2) is 0 Å². The first-order chi connectivity index (χ1) is 13.6. The first-order valence-electron chi connectivity index (χ1n) is 9.26. The van der Waals surface area contributed by atoms with E-state index in [1.165, 1.54) is 12.1 Å². The minimum atomic E-state index is -0.228. The Bertz CT molecular complexity index is 873. The number of ether oxygens (including phenoxy) is 2. The highest BCUT2D eigenvalue weighted by molar-refractivity contribution is 5.31. The van der Waals surface area contributed by atoms with Crippen LogP contribution in [0, 0.1) is 5.82 Å². The molecule has 0 saturated heterocycles. The van der Waals surface area contributed by atoms with E-state index in [4.69, 9.17) is 14.5 Å². The molecule has 0 aliphatic rings. The Morgan fingerprint density at radius 1 is 1.00 bits per heavy atom. The first-order valence-corrected chi connectivity index (χ1v) is 9.26. The van der Waals surface area contributed by atoms with Crippen LogP contribution in [0.25, 0.3) is 0 Å². The summed E-state index contributed by atoms with van der Waals surface area (Å²) in [6.45, 7) is 3.09. The number of methoxy groups -OCH3 is 1. The van der Waals surface area contributed by atoms with Crippen molar-refractivity contribution in [1.82, 2.24) is 15.0 Å². The van der Waals surface area contributed by atoms with Crippen LogP contribution in [0.4, 0.5) is 4.39 Å². The van der Waals surface area contributed by atoms with Crippen molar-refractivity contribution in [1.29, 1.82) is 0 Å². The lowest BCUT2D eigenvalue weighted by Gasteiger charge is -2.14. The standard InChI is InChI=1S/C22H24FN3O2/c1-16(17-3-5-18(23)6-4-17)11-19-13-22(28-10-9-27-2)14-20(26-19)12-21-15-24-7-8-25-21/h3-8,13-16H,9-12H2,1-2H3/t16-/m1/s1. The van der Waals surface area contributed by atoms with Crippen LogP contribution in [0.3, 0.4) is 0 Å². The van der Waals surface area contributed by atoms with Crippen LogP contribution in [0.5, 0.6) is 5.75 Å². The molecule has 0 bridgehead atoms. The van der Waals surface area contributed by atoms with Crippen molar-refractivity contribution in [3.05, 3.63) is 83.5 Å². The van der Waals surface area contributed by atoms with E-state index >= 15 is 0 Å². The van der Waals surface area contributed by atoms with E-state index in [1.807, 2.05) is 24.3 Å². The molecular weight excluding hydrogens is 357 g/mol. The van der Waals surface area contributed by atoms with E-state index in [0.717, 1.165) is 34.8 Å². The Morgan fingerprint density at radius 2 is 1.79 bits per heavy atom. The fourth-order valence-corrected chi connectivity index (χ4v) is 2.97. The zero-order chi connectivity index (χ0) is 19.8. The minimum Gasteiger partial charge on any atom is -0.491 e. The van der Waals surface area contributed by atoms with Gasteiger partial charge in [0.25, 0.3) is 0 Å². The molecule has 0 aliphatic heterocycles. The third-order valence-electron chi connectivity index (χ3n) is 4.39. The van der Waals surface area contributed by atoms with Gasteiger partial charge in [-0.1, -0.05) is 19.1 Å². The lowest BCUT2D eigenvalue weighted by atomic mass is 9.95. The number of benzene rings is 1. The zero-order valence-electron chi connectivity index (χ0n) is 16.1. The van der Waals surface area contributed by atoms with Gasteiger partial charge in [-0.25, -0.2) is 4.39 Å². The van der Waals surface area contributed by atoms with Crippen molar-refractivity contribution < 1.29 is 13.9 Å². The summed E-state index contributed by atoms with van der Waals surface area (Å²) in [5.41, 5.74) is 3.72. The van der Waals surface area contributed by atoms with E-state index in [-0.39, 0.29) is 11.7 Å². The summed E-state index contributed by atoms with van der Waals surface area (Å²) in [5, 5.41) is 0. The average Bonchev–Trinajstić information content (AvgIpc) is 2.69. The summed E-state index contributed by atoms with van der Waals surface area (Å²) in [4.78, 5) is 13.2. The minimum absolute atomic E-state index is 0.201. The normalized spacial score (nSPS) is 12.0. The third-order valence-corrected chi connectivity index (χ3v) is 4.39. The second-order valence-corrected chi connectivity index (χ2v) is 6.66. The molecule has 0 unspecified atom stereocenters. The van der Waals surface area contributed by atoms with Gasteiger partial charge in [0.1, 0.15) is 18.2 Å². The fourth-order valence-electron chi connectivity index (χ4n) is 2.97. The van der Waals surface area contributed by atoms with Crippen LogP contribution in [0.15, 0.2) is 55.0 Å². The predicted molar refractivity (Wildman–Crippen MR) is 105 cm³/mol. The van der Waals surface area contributed by atoms with Crippen molar-refractivity contribution in [3.63, 3.8) is 0 Å². The van der Waals surface area contributed by atoms with Gasteiger partial charge in [0.05, 0.1) is 18.0 Å².